The third-order valence-electron chi connectivity index (χ3n) is 6.91. The van der Waals surface area contributed by atoms with Gasteiger partial charge in [0.1, 0.15) is 12.2 Å². The van der Waals surface area contributed by atoms with E-state index in [4.69, 9.17) is 0 Å². The fourth-order valence-electron chi connectivity index (χ4n) is 5.50. The van der Waals surface area contributed by atoms with E-state index in [1.807, 2.05) is 36.4 Å². The number of benzene rings is 1. The number of hydrogen-bond acceptors (Lipinski definition) is 3. The number of rotatable bonds is 1. The van der Waals surface area contributed by atoms with Crippen LogP contribution < -0.4 is 4.72 Å². The van der Waals surface area contributed by atoms with Crippen molar-refractivity contribution in [2.45, 2.75) is 37.4 Å². The van der Waals surface area contributed by atoms with E-state index in [1.165, 1.54) is 0 Å². The van der Waals surface area contributed by atoms with E-state index in [2.05, 4.69) is 21.5 Å². The average Bonchev–Trinajstić information content (AvgIpc) is 3.11. The van der Waals surface area contributed by atoms with E-state index in [0.717, 1.165) is 29.5 Å². The van der Waals surface area contributed by atoms with Gasteiger partial charge in [0.05, 0.1) is 5.54 Å². The monoisotopic (exact) mass is 461 g/mol. The second kappa shape index (κ2) is 7.58. The second-order valence-corrected chi connectivity index (χ2v) is 10.5. The molecule has 1 aromatic carbocycles. The number of alkyl halides is 3. The molecule has 3 aliphatic rings. The molecule has 5 rings (SSSR count). The summed E-state index contributed by atoms with van der Waals surface area (Å²) in [5, 5.41) is 0. The Morgan fingerprint density at radius 1 is 1.09 bits per heavy atom. The van der Waals surface area contributed by atoms with Gasteiger partial charge in [-0.25, -0.2) is 4.98 Å². The lowest BCUT2D eigenvalue weighted by molar-refractivity contribution is -0.136. The van der Waals surface area contributed by atoms with Crippen molar-refractivity contribution in [3.05, 3.63) is 65.0 Å². The minimum absolute atomic E-state index is 0.0350. The molecule has 3 atom stereocenters. The first-order valence-corrected chi connectivity index (χ1v) is 12.0. The Hall–Kier alpha value is -2.41. The SMILES string of the molecule is O=S1(=O)N[C@]2(CN1CC(F)(F)F)[C@@H]1CC[C@H]2Cc2cc(C#Cc3ccccn3)ccc2C1. The Balaban J connectivity index is 1.43. The topological polar surface area (TPSA) is 62.3 Å². The van der Waals surface area contributed by atoms with Crippen LogP contribution in [0.25, 0.3) is 0 Å². The van der Waals surface area contributed by atoms with Crippen LogP contribution in [0.5, 0.6) is 0 Å². The Morgan fingerprint density at radius 3 is 2.53 bits per heavy atom. The first-order valence-electron chi connectivity index (χ1n) is 10.6. The number of halogens is 3. The zero-order chi connectivity index (χ0) is 22.6. The van der Waals surface area contributed by atoms with Crippen molar-refractivity contribution in [3.63, 3.8) is 0 Å². The van der Waals surface area contributed by atoms with Crippen LogP contribution in [0, 0.1) is 23.7 Å². The fraction of sp³-hybridized carbons (Fsp3) is 0.435. The quantitative estimate of drug-likeness (QED) is 0.664. The molecule has 0 amide bonds. The van der Waals surface area contributed by atoms with Gasteiger partial charge in [0.15, 0.2) is 0 Å². The van der Waals surface area contributed by atoms with Crippen molar-refractivity contribution in [1.29, 1.82) is 0 Å². The van der Waals surface area contributed by atoms with Gasteiger partial charge in [-0.3, -0.25) is 0 Å². The summed E-state index contributed by atoms with van der Waals surface area (Å²) in [6.45, 7) is -1.59. The van der Waals surface area contributed by atoms with E-state index in [0.29, 0.717) is 22.8 Å². The van der Waals surface area contributed by atoms with Crippen LogP contribution in [-0.2, 0) is 23.1 Å². The lowest BCUT2D eigenvalue weighted by Gasteiger charge is -2.33. The van der Waals surface area contributed by atoms with Crippen molar-refractivity contribution >= 4 is 10.2 Å². The molecule has 168 valence electrons. The Kier molecular flexibility index (Phi) is 5.08. The number of aromatic nitrogens is 1. The van der Waals surface area contributed by atoms with Gasteiger partial charge in [-0.15, -0.1) is 0 Å². The number of pyridine rings is 1. The molecule has 2 heterocycles. The summed E-state index contributed by atoms with van der Waals surface area (Å²) < 4.78 is 67.4. The van der Waals surface area contributed by atoms with Gasteiger partial charge >= 0.3 is 6.18 Å². The van der Waals surface area contributed by atoms with Crippen LogP contribution in [0.1, 0.15) is 35.2 Å². The Bertz CT molecular complexity index is 1200. The minimum Gasteiger partial charge on any atom is -0.248 e. The largest absolute Gasteiger partial charge is 0.402 e. The molecular formula is C23H22F3N3O2S. The summed E-state index contributed by atoms with van der Waals surface area (Å²) in [5.74, 6) is 6.07. The average molecular weight is 462 g/mol. The van der Waals surface area contributed by atoms with Crippen LogP contribution in [0.3, 0.4) is 0 Å². The molecule has 0 unspecified atom stereocenters. The Morgan fingerprint density at radius 2 is 1.84 bits per heavy atom. The lowest BCUT2D eigenvalue weighted by Crippen LogP contribution is -2.52. The first-order chi connectivity index (χ1) is 15.1. The summed E-state index contributed by atoms with van der Waals surface area (Å²) in [7, 11) is -4.17. The van der Waals surface area contributed by atoms with Crippen molar-refractivity contribution < 1.29 is 21.6 Å². The number of fused-ring (bicyclic) bond motifs is 1. The number of hydrogen-bond donors (Lipinski definition) is 1. The molecule has 1 N–H and O–H groups in total. The second-order valence-electron chi connectivity index (χ2n) is 8.86. The van der Waals surface area contributed by atoms with Gasteiger partial charge in [0.2, 0.25) is 0 Å². The van der Waals surface area contributed by atoms with E-state index in [-0.39, 0.29) is 18.4 Å². The molecule has 32 heavy (non-hydrogen) atoms. The standard InChI is InChI=1S/C23H22F3N3O2S/c24-23(25,26)15-29-14-22(28-32(29,30)31)19-7-8-20(22)13-18-11-16(4-6-17(18)12-19)5-9-21-3-1-2-10-27-21/h1-4,6,10-11,19-20,28H,7-8,12-15H2/t19-,20+,22-/m1/s1. The molecule has 9 heteroatoms. The third kappa shape index (κ3) is 3.91. The molecule has 1 saturated heterocycles. The number of nitrogens with zero attached hydrogens (tertiary/aromatic N) is 2. The van der Waals surface area contributed by atoms with Crippen molar-refractivity contribution in [3.8, 4) is 11.8 Å². The Labute approximate surface area is 185 Å². The van der Waals surface area contributed by atoms with Crippen LogP contribution >= 0.6 is 0 Å². The summed E-state index contributed by atoms with van der Waals surface area (Å²) in [4.78, 5) is 4.20. The predicted octanol–water partition coefficient (Wildman–Crippen LogP) is 3.06. The summed E-state index contributed by atoms with van der Waals surface area (Å²) in [6.07, 6.45) is -0.0460. The highest BCUT2D eigenvalue weighted by atomic mass is 32.2. The summed E-state index contributed by atoms with van der Waals surface area (Å²) >= 11 is 0. The van der Waals surface area contributed by atoms with E-state index < -0.39 is 28.5 Å². The summed E-state index contributed by atoms with van der Waals surface area (Å²) in [5.41, 5.74) is 2.87. The molecule has 1 aliphatic heterocycles. The maximum atomic E-state index is 13.0. The maximum Gasteiger partial charge on any atom is 0.402 e. The summed E-state index contributed by atoms with van der Waals surface area (Å²) in [6, 6.07) is 11.5. The van der Waals surface area contributed by atoms with Gasteiger partial charge in [0, 0.05) is 18.3 Å². The highest BCUT2D eigenvalue weighted by Gasteiger charge is 2.60. The van der Waals surface area contributed by atoms with Crippen LogP contribution in [-0.4, -0.2) is 42.5 Å². The molecular weight excluding hydrogens is 439 g/mol. The predicted molar refractivity (Wildman–Crippen MR) is 113 cm³/mol. The van der Waals surface area contributed by atoms with Crippen LogP contribution in [0.2, 0.25) is 0 Å². The van der Waals surface area contributed by atoms with Crippen LogP contribution in [0.4, 0.5) is 13.2 Å². The zero-order valence-corrected chi connectivity index (χ0v) is 18.0. The lowest BCUT2D eigenvalue weighted by atomic mass is 9.79. The van der Waals surface area contributed by atoms with Crippen molar-refractivity contribution in [2.24, 2.45) is 11.8 Å². The van der Waals surface area contributed by atoms with E-state index >= 15 is 0 Å². The van der Waals surface area contributed by atoms with Crippen LogP contribution in [0.15, 0.2) is 42.6 Å². The van der Waals surface area contributed by atoms with Gasteiger partial charge < -0.3 is 0 Å². The van der Waals surface area contributed by atoms with Crippen molar-refractivity contribution in [1.82, 2.24) is 14.0 Å². The highest BCUT2D eigenvalue weighted by molar-refractivity contribution is 7.87. The first kappa shape index (κ1) is 21.4. The van der Waals surface area contributed by atoms with Gasteiger partial charge in [0.25, 0.3) is 10.2 Å². The normalized spacial score (nSPS) is 28.7. The molecule has 5 nitrogen and oxygen atoms in total. The molecule has 2 aliphatic carbocycles. The third-order valence-corrected chi connectivity index (χ3v) is 8.49. The van der Waals surface area contributed by atoms with Gasteiger partial charge in [-0.05, 0) is 78.8 Å². The number of nitrogens with one attached hydrogen (secondary N) is 1. The zero-order valence-electron chi connectivity index (χ0n) is 17.2. The van der Waals surface area contributed by atoms with Gasteiger partial charge in [-0.2, -0.15) is 30.6 Å². The fourth-order valence-corrected chi connectivity index (χ4v) is 7.20. The molecule has 2 fully saturated rings. The van der Waals surface area contributed by atoms with E-state index in [1.54, 1.807) is 6.20 Å². The maximum absolute atomic E-state index is 13.0. The molecule has 1 saturated carbocycles. The highest BCUT2D eigenvalue weighted by Crippen LogP contribution is 2.50. The van der Waals surface area contributed by atoms with Gasteiger partial charge in [-0.1, -0.05) is 18.1 Å². The minimum atomic E-state index is -4.58. The molecule has 2 bridgehead atoms. The molecule has 2 aromatic rings. The van der Waals surface area contributed by atoms with Crippen molar-refractivity contribution in [2.75, 3.05) is 13.1 Å². The smallest absolute Gasteiger partial charge is 0.248 e. The molecule has 0 radical (unpaired) electrons. The molecule has 1 aromatic heterocycles. The van der Waals surface area contributed by atoms with E-state index in [9.17, 15) is 21.6 Å². The molecule has 1 spiro atoms.